The number of aliphatic imine (C=N–C) groups is 1. The Morgan fingerprint density at radius 1 is 1.07 bits per heavy atom. The summed E-state index contributed by atoms with van der Waals surface area (Å²) in [6.45, 7) is 3.20. The van der Waals surface area contributed by atoms with E-state index in [0.717, 1.165) is 23.6 Å². The molecule has 0 spiro atoms. The first-order chi connectivity index (χ1) is 13.6. The number of ether oxygens (including phenoxy) is 3. The van der Waals surface area contributed by atoms with Gasteiger partial charge in [-0.1, -0.05) is 11.8 Å². The normalized spacial score (nSPS) is 15.4. The first-order valence-electron chi connectivity index (χ1n) is 9.14. The molecule has 0 aliphatic carbocycles. The lowest BCUT2D eigenvalue weighted by Crippen LogP contribution is -2.39. The van der Waals surface area contributed by atoms with Crippen molar-refractivity contribution in [1.82, 2.24) is 4.90 Å². The van der Waals surface area contributed by atoms with E-state index in [2.05, 4.69) is 0 Å². The summed E-state index contributed by atoms with van der Waals surface area (Å²) in [7, 11) is 3.14. The van der Waals surface area contributed by atoms with E-state index in [1.807, 2.05) is 31.2 Å². The average molecular weight is 401 g/mol. The molecule has 1 fully saturated rings. The number of nitrogens with zero attached hydrogens (tertiary/aromatic N) is 2. The molecule has 0 radical (unpaired) electrons. The second kappa shape index (κ2) is 9.50. The molecule has 7 heteroatoms. The van der Waals surface area contributed by atoms with Gasteiger partial charge < -0.3 is 14.2 Å². The third-order valence-electron chi connectivity index (χ3n) is 4.20. The summed E-state index contributed by atoms with van der Waals surface area (Å²) in [6.07, 6.45) is 0.916. The van der Waals surface area contributed by atoms with Crippen LogP contribution in [0.3, 0.4) is 0 Å². The minimum Gasteiger partial charge on any atom is -0.497 e. The van der Waals surface area contributed by atoms with Gasteiger partial charge >= 0.3 is 0 Å². The lowest BCUT2D eigenvalue weighted by atomic mass is 10.1. The molecule has 28 heavy (non-hydrogen) atoms. The lowest BCUT2D eigenvalue weighted by molar-refractivity contribution is 0.0848. The Balaban J connectivity index is 1.87. The summed E-state index contributed by atoms with van der Waals surface area (Å²) in [4.78, 5) is 19.6. The van der Waals surface area contributed by atoms with E-state index in [0.29, 0.717) is 35.4 Å². The third-order valence-corrected chi connectivity index (χ3v) is 5.27. The number of carbonyl (C=O) groups is 1. The van der Waals surface area contributed by atoms with Crippen molar-refractivity contribution in [2.75, 3.05) is 33.1 Å². The highest BCUT2D eigenvalue weighted by Gasteiger charge is 2.25. The highest BCUT2D eigenvalue weighted by molar-refractivity contribution is 8.13. The van der Waals surface area contributed by atoms with Gasteiger partial charge in [-0.05, 0) is 49.7 Å². The fraction of sp³-hybridized carbons (Fsp3) is 0.333. The number of carbonyl (C=O) groups excluding carboxylic acids is 1. The molecule has 1 amide bonds. The zero-order valence-electron chi connectivity index (χ0n) is 16.3. The second-order valence-electron chi connectivity index (χ2n) is 6.08. The van der Waals surface area contributed by atoms with Gasteiger partial charge in [-0.25, -0.2) is 4.99 Å². The Morgan fingerprint density at radius 3 is 2.36 bits per heavy atom. The zero-order valence-corrected chi connectivity index (χ0v) is 17.1. The standard InChI is InChI=1S/C21H24N2O4S/c1-4-27-17-8-6-16(7-9-17)22-21-23(10-5-11-28-21)20(24)15-12-18(25-2)14-19(13-15)26-3/h6-9,12-14H,4-5,10-11H2,1-3H3. The minimum absolute atomic E-state index is 0.117. The van der Waals surface area contributed by atoms with Gasteiger partial charge in [-0.3, -0.25) is 9.69 Å². The van der Waals surface area contributed by atoms with Gasteiger partial charge in [-0.2, -0.15) is 0 Å². The quantitative estimate of drug-likeness (QED) is 0.721. The van der Waals surface area contributed by atoms with Crippen LogP contribution >= 0.6 is 11.8 Å². The van der Waals surface area contributed by atoms with Gasteiger partial charge in [0.1, 0.15) is 17.2 Å². The Morgan fingerprint density at radius 2 is 1.75 bits per heavy atom. The van der Waals surface area contributed by atoms with Gasteiger partial charge in [0.2, 0.25) is 0 Å². The van der Waals surface area contributed by atoms with Crippen LogP contribution in [0.2, 0.25) is 0 Å². The molecule has 3 rings (SSSR count). The van der Waals surface area contributed by atoms with Gasteiger partial charge in [0.15, 0.2) is 5.17 Å². The number of amidine groups is 1. The maximum Gasteiger partial charge on any atom is 0.260 e. The van der Waals surface area contributed by atoms with Crippen LogP contribution in [0, 0.1) is 0 Å². The average Bonchev–Trinajstić information content (AvgIpc) is 2.74. The monoisotopic (exact) mass is 400 g/mol. The van der Waals surface area contributed by atoms with Crippen LogP contribution in [0.15, 0.2) is 47.5 Å². The largest absolute Gasteiger partial charge is 0.497 e. The predicted octanol–water partition coefficient (Wildman–Crippen LogP) is 4.37. The first kappa shape index (κ1) is 20.1. The van der Waals surface area contributed by atoms with Crippen molar-refractivity contribution in [2.24, 2.45) is 4.99 Å². The molecule has 0 unspecified atom stereocenters. The SMILES string of the molecule is CCOc1ccc(N=C2SCCCN2C(=O)c2cc(OC)cc(OC)c2)cc1. The van der Waals surface area contributed by atoms with Crippen LogP contribution in [-0.2, 0) is 0 Å². The number of hydrogen-bond donors (Lipinski definition) is 0. The molecule has 1 aliphatic rings. The lowest BCUT2D eigenvalue weighted by Gasteiger charge is -2.28. The van der Waals surface area contributed by atoms with E-state index < -0.39 is 0 Å². The molecule has 0 atom stereocenters. The third kappa shape index (κ3) is 4.78. The Hall–Kier alpha value is -2.67. The molecule has 0 saturated carbocycles. The number of methoxy groups -OCH3 is 2. The molecule has 1 heterocycles. The van der Waals surface area contributed by atoms with Gasteiger partial charge in [0.05, 0.1) is 26.5 Å². The van der Waals surface area contributed by atoms with Crippen molar-refractivity contribution in [1.29, 1.82) is 0 Å². The smallest absolute Gasteiger partial charge is 0.260 e. The van der Waals surface area contributed by atoms with Crippen molar-refractivity contribution in [2.45, 2.75) is 13.3 Å². The first-order valence-corrected chi connectivity index (χ1v) is 10.1. The van der Waals surface area contributed by atoms with E-state index >= 15 is 0 Å². The number of hydrogen-bond acceptors (Lipinski definition) is 6. The second-order valence-corrected chi connectivity index (χ2v) is 7.14. The molecule has 2 aromatic rings. The van der Waals surface area contributed by atoms with E-state index in [1.54, 1.807) is 49.1 Å². The summed E-state index contributed by atoms with van der Waals surface area (Å²) in [5, 5.41) is 0.696. The summed E-state index contributed by atoms with van der Waals surface area (Å²) >= 11 is 1.58. The Bertz CT molecular complexity index is 830. The summed E-state index contributed by atoms with van der Waals surface area (Å²) in [5.74, 6) is 2.78. The van der Waals surface area contributed by atoms with Crippen molar-refractivity contribution in [3.05, 3.63) is 48.0 Å². The number of thioether (sulfide) groups is 1. The molecule has 0 aromatic heterocycles. The van der Waals surface area contributed by atoms with E-state index in [4.69, 9.17) is 19.2 Å². The molecule has 1 saturated heterocycles. The van der Waals surface area contributed by atoms with Crippen LogP contribution < -0.4 is 14.2 Å². The summed E-state index contributed by atoms with van der Waals surface area (Å²) in [6, 6.07) is 12.7. The van der Waals surface area contributed by atoms with Crippen LogP contribution in [0.4, 0.5) is 5.69 Å². The van der Waals surface area contributed by atoms with Crippen LogP contribution in [-0.4, -0.2) is 49.1 Å². The van der Waals surface area contributed by atoms with Crippen molar-refractivity contribution < 1.29 is 19.0 Å². The number of amides is 1. The highest BCUT2D eigenvalue weighted by atomic mass is 32.2. The van der Waals surface area contributed by atoms with Crippen LogP contribution in [0.5, 0.6) is 17.2 Å². The van der Waals surface area contributed by atoms with E-state index in [-0.39, 0.29) is 5.91 Å². The van der Waals surface area contributed by atoms with Crippen LogP contribution in [0.25, 0.3) is 0 Å². The van der Waals surface area contributed by atoms with Gasteiger partial charge in [0.25, 0.3) is 5.91 Å². The summed E-state index contributed by atoms with van der Waals surface area (Å²) in [5.41, 5.74) is 1.30. The summed E-state index contributed by atoms with van der Waals surface area (Å²) < 4.78 is 16.1. The number of benzene rings is 2. The maximum absolute atomic E-state index is 13.2. The van der Waals surface area contributed by atoms with Crippen molar-refractivity contribution in [3.63, 3.8) is 0 Å². The molecular formula is C21H24N2O4S. The maximum atomic E-state index is 13.2. The topological polar surface area (TPSA) is 60.4 Å². The molecule has 148 valence electrons. The van der Waals surface area contributed by atoms with Crippen LogP contribution in [0.1, 0.15) is 23.7 Å². The Labute approximate surface area is 169 Å². The number of rotatable bonds is 6. The van der Waals surface area contributed by atoms with Gasteiger partial charge in [-0.15, -0.1) is 0 Å². The van der Waals surface area contributed by atoms with Crippen molar-refractivity contribution >= 4 is 28.5 Å². The fourth-order valence-corrected chi connectivity index (χ4v) is 3.78. The molecule has 0 bridgehead atoms. The van der Waals surface area contributed by atoms with E-state index in [9.17, 15) is 4.79 Å². The fourth-order valence-electron chi connectivity index (χ4n) is 2.82. The zero-order chi connectivity index (χ0) is 19.9. The highest BCUT2D eigenvalue weighted by Crippen LogP contribution is 2.28. The predicted molar refractivity (Wildman–Crippen MR) is 112 cm³/mol. The molecule has 6 nitrogen and oxygen atoms in total. The Kier molecular flexibility index (Phi) is 6.81. The molecule has 2 aromatic carbocycles. The van der Waals surface area contributed by atoms with E-state index in [1.165, 1.54) is 0 Å². The van der Waals surface area contributed by atoms with Crippen molar-refractivity contribution in [3.8, 4) is 17.2 Å². The molecule has 0 N–H and O–H groups in total. The molecular weight excluding hydrogens is 376 g/mol. The minimum atomic E-state index is -0.117. The van der Waals surface area contributed by atoms with Gasteiger partial charge in [0, 0.05) is 23.9 Å². The molecule has 1 aliphatic heterocycles.